The summed E-state index contributed by atoms with van der Waals surface area (Å²) in [6.45, 7) is 0.569. The molecule has 5 heterocycles. The highest BCUT2D eigenvalue weighted by Crippen LogP contribution is 2.46. The van der Waals surface area contributed by atoms with Gasteiger partial charge in [-0.2, -0.15) is 22.6 Å². The van der Waals surface area contributed by atoms with Crippen LogP contribution in [-0.4, -0.2) is 125 Å². The summed E-state index contributed by atoms with van der Waals surface area (Å²) in [4.78, 5) is 64.3. The van der Waals surface area contributed by atoms with Gasteiger partial charge in [-0.3, -0.25) is 14.4 Å². The molecule has 2 aliphatic carbocycles. The van der Waals surface area contributed by atoms with Gasteiger partial charge in [0.15, 0.2) is 0 Å². The molecule has 3 N–H and O–H groups in total. The molecule has 0 unspecified atom stereocenters. The molecule has 2 aromatic heterocycles. The highest BCUT2D eigenvalue weighted by molar-refractivity contribution is 7.87. The minimum absolute atomic E-state index is 0.00868. The molecule has 2 saturated carbocycles. The monoisotopic (exact) mass is 865 g/mol. The van der Waals surface area contributed by atoms with E-state index < -0.39 is 63.6 Å². The van der Waals surface area contributed by atoms with Gasteiger partial charge in [-0.1, -0.05) is 25.0 Å². The van der Waals surface area contributed by atoms with Crippen molar-refractivity contribution < 1.29 is 41.8 Å². The van der Waals surface area contributed by atoms with E-state index in [4.69, 9.17) is 24.4 Å². The molecule has 60 heavy (non-hydrogen) atoms. The van der Waals surface area contributed by atoms with Gasteiger partial charge < -0.3 is 29.7 Å². The Labute approximate surface area is 352 Å². The summed E-state index contributed by atoms with van der Waals surface area (Å²) in [7, 11) is -2.66. The molecular weight excluding hydrogens is 815 g/mol. The lowest BCUT2D eigenvalue weighted by atomic mass is 10.0. The Kier molecular flexibility index (Phi) is 12.5. The normalized spacial score (nSPS) is 27.4. The van der Waals surface area contributed by atoms with Gasteiger partial charge in [-0.05, 0) is 75.6 Å². The van der Waals surface area contributed by atoms with E-state index in [9.17, 15) is 27.6 Å². The van der Waals surface area contributed by atoms with Gasteiger partial charge in [0, 0.05) is 49.1 Å². The number of amides is 4. The summed E-state index contributed by atoms with van der Waals surface area (Å²) < 4.78 is 46.5. The summed E-state index contributed by atoms with van der Waals surface area (Å²) in [6.07, 6.45) is 11.4. The lowest BCUT2D eigenvalue weighted by Gasteiger charge is -2.30. The van der Waals surface area contributed by atoms with Crippen LogP contribution in [0, 0.1) is 5.92 Å². The van der Waals surface area contributed by atoms with Crippen LogP contribution in [-0.2, 0) is 34.1 Å². The second-order valence-electron chi connectivity index (χ2n) is 16.0. The van der Waals surface area contributed by atoms with Gasteiger partial charge >= 0.3 is 16.3 Å². The SMILES string of the molecule is COc1ccc(-c2nn([C@@H]3C[C@H]4C(=O)N[C@]5(C(=O)NS(=O)(=O)N6CCOCC6)C[C@H]5/C=C/CCCCC[C@@H](NC(=O)OC5CCCC5)C(=O)N4C3)nc2-c2nccs2)cc1. The number of allylic oxidation sites excluding steroid dienone is 1. The Morgan fingerprint density at radius 1 is 1.00 bits per heavy atom. The number of carbonyl (C=O) groups is 4. The van der Waals surface area contributed by atoms with Crippen LogP contribution in [0.5, 0.6) is 5.75 Å². The minimum Gasteiger partial charge on any atom is -0.497 e. The first-order chi connectivity index (χ1) is 29.0. The fraction of sp³-hybridized carbons (Fsp3) is 0.575. The highest BCUT2D eigenvalue weighted by Gasteiger charge is 2.62. The van der Waals surface area contributed by atoms with Crippen LogP contribution >= 0.6 is 11.3 Å². The van der Waals surface area contributed by atoms with Crippen molar-refractivity contribution in [2.75, 3.05) is 40.0 Å². The summed E-state index contributed by atoms with van der Waals surface area (Å²) in [5, 5.41) is 18.0. The highest BCUT2D eigenvalue weighted by atomic mass is 32.2. The van der Waals surface area contributed by atoms with Crippen LogP contribution < -0.4 is 20.1 Å². The van der Waals surface area contributed by atoms with Gasteiger partial charge in [0.25, 0.3) is 5.91 Å². The van der Waals surface area contributed by atoms with Gasteiger partial charge in [0.1, 0.15) is 45.9 Å². The first-order valence-corrected chi connectivity index (χ1v) is 23.0. The molecule has 4 fully saturated rings. The molecule has 8 rings (SSSR count). The number of nitrogens with zero attached hydrogens (tertiary/aromatic N) is 6. The van der Waals surface area contributed by atoms with Crippen LogP contribution in [0.25, 0.3) is 22.0 Å². The molecule has 0 radical (unpaired) electrons. The van der Waals surface area contributed by atoms with Crippen molar-refractivity contribution in [3.63, 3.8) is 0 Å². The Morgan fingerprint density at radius 3 is 2.48 bits per heavy atom. The predicted octanol–water partition coefficient (Wildman–Crippen LogP) is 3.35. The third-order valence-electron chi connectivity index (χ3n) is 12.0. The number of fused-ring (bicyclic) bond motifs is 2. The van der Waals surface area contributed by atoms with Crippen molar-refractivity contribution in [3.05, 3.63) is 48.0 Å². The number of hydrogen-bond acceptors (Lipinski definition) is 13. The van der Waals surface area contributed by atoms with Crippen LogP contribution in [0.3, 0.4) is 0 Å². The van der Waals surface area contributed by atoms with Crippen LogP contribution in [0.4, 0.5) is 4.79 Å². The number of morpholine rings is 1. The van der Waals surface area contributed by atoms with Gasteiger partial charge in [0.05, 0.1) is 26.4 Å². The minimum atomic E-state index is -4.24. The van der Waals surface area contributed by atoms with E-state index >= 15 is 0 Å². The average molecular weight is 866 g/mol. The molecule has 0 spiro atoms. The number of benzene rings is 1. The van der Waals surface area contributed by atoms with Crippen molar-refractivity contribution >= 4 is 45.4 Å². The maximum absolute atomic E-state index is 14.8. The number of aromatic nitrogens is 4. The Balaban J connectivity index is 1.12. The Hall–Kier alpha value is -4.92. The predicted molar refractivity (Wildman–Crippen MR) is 219 cm³/mol. The van der Waals surface area contributed by atoms with Crippen LogP contribution in [0.15, 0.2) is 48.0 Å². The number of hydrogen-bond donors (Lipinski definition) is 3. The summed E-state index contributed by atoms with van der Waals surface area (Å²) in [6, 6.07) is 4.63. The van der Waals surface area contributed by atoms with Gasteiger partial charge in [-0.25, -0.2) is 14.5 Å². The quantitative estimate of drug-likeness (QED) is 0.264. The van der Waals surface area contributed by atoms with E-state index in [1.54, 1.807) is 13.3 Å². The molecule has 2 saturated heterocycles. The zero-order valence-electron chi connectivity index (χ0n) is 33.5. The number of methoxy groups -OCH3 is 1. The second-order valence-corrected chi connectivity index (χ2v) is 18.5. The number of thiazole rings is 1. The molecule has 1 aromatic carbocycles. The molecule has 4 amide bonds. The molecule has 322 valence electrons. The summed E-state index contributed by atoms with van der Waals surface area (Å²) in [5.74, 6) is -1.77. The topological polar surface area (TPSA) is 216 Å². The number of nitrogens with one attached hydrogen (secondary N) is 3. The molecule has 5 atom stereocenters. The number of ether oxygens (including phenoxy) is 3. The third kappa shape index (κ3) is 9.06. The van der Waals surface area contributed by atoms with Crippen molar-refractivity contribution in [2.45, 2.75) is 100 Å². The second kappa shape index (κ2) is 18.0. The lowest BCUT2D eigenvalue weighted by molar-refractivity contribution is -0.141. The van der Waals surface area contributed by atoms with E-state index in [0.29, 0.717) is 41.4 Å². The number of carbonyl (C=O) groups excluding carboxylic acids is 4. The average Bonchev–Trinajstić information content (AvgIpc) is 3.90. The fourth-order valence-electron chi connectivity index (χ4n) is 8.57. The van der Waals surface area contributed by atoms with Crippen LogP contribution in [0.1, 0.15) is 76.7 Å². The molecular formula is C40H51N9O9S2. The van der Waals surface area contributed by atoms with Gasteiger partial charge in [0.2, 0.25) is 11.8 Å². The first kappa shape index (κ1) is 41.8. The molecule has 5 aliphatic rings. The zero-order chi connectivity index (χ0) is 41.9. The number of alkyl carbamates (subject to hydrolysis) is 1. The van der Waals surface area contributed by atoms with Crippen molar-refractivity contribution in [3.8, 4) is 27.7 Å². The van der Waals surface area contributed by atoms with Gasteiger partial charge in [-0.15, -0.1) is 16.4 Å². The molecule has 0 bridgehead atoms. The van der Waals surface area contributed by atoms with E-state index in [2.05, 4.69) is 20.3 Å². The third-order valence-corrected chi connectivity index (χ3v) is 14.3. The van der Waals surface area contributed by atoms with Crippen molar-refractivity contribution in [1.82, 2.24) is 44.5 Å². The summed E-state index contributed by atoms with van der Waals surface area (Å²) in [5.41, 5.74) is 0.249. The van der Waals surface area contributed by atoms with E-state index in [0.717, 1.165) is 48.4 Å². The lowest BCUT2D eigenvalue weighted by Crippen LogP contribution is -2.59. The molecule has 3 aromatic rings. The number of rotatable bonds is 9. The van der Waals surface area contributed by atoms with Crippen LogP contribution in [0.2, 0.25) is 0 Å². The molecule has 18 nitrogen and oxygen atoms in total. The zero-order valence-corrected chi connectivity index (χ0v) is 35.1. The smallest absolute Gasteiger partial charge is 0.408 e. The first-order valence-electron chi connectivity index (χ1n) is 20.7. The fourth-order valence-corrected chi connectivity index (χ4v) is 10.4. The van der Waals surface area contributed by atoms with E-state index in [1.165, 1.54) is 21.0 Å². The van der Waals surface area contributed by atoms with E-state index in [1.807, 2.05) is 41.8 Å². The van der Waals surface area contributed by atoms with E-state index in [-0.39, 0.29) is 51.8 Å². The Morgan fingerprint density at radius 2 is 1.75 bits per heavy atom. The summed E-state index contributed by atoms with van der Waals surface area (Å²) >= 11 is 1.40. The van der Waals surface area contributed by atoms with Crippen molar-refractivity contribution in [2.24, 2.45) is 5.92 Å². The maximum atomic E-state index is 14.8. The largest absolute Gasteiger partial charge is 0.497 e. The van der Waals surface area contributed by atoms with Crippen molar-refractivity contribution in [1.29, 1.82) is 0 Å². The molecule has 3 aliphatic heterocycles. The molecule has 20 heteroatoms. The maximum Gasteiger partial charge on any atom is 0.408 e. The standard InChI is InChI=1S/C40H51N9O9S2/c1-56-29-15-13-26(14-16-29)33-34(36-41-17-22-59-36)45-49(44-33)28-23-32-35(50)43-40(38(52)46-60(54,55)47-18-20-57-21-19-47)24-27(40)9-5-3-2-4-6-12-31(37(51)48(32)25-28)42-39(53)58-30-10-7-8-11-30/h5,9,13-17,22,27-28,30-32H,2-4,6-8,10-12,18-21,23-25H2,1H3,(H,42,53)(H,43,50)(H,46,52)/b9-5+/t27-,28-,31-,32+,40-/m1/s1. The Bertz CT molecular complexity index is 2170.